The first-order valence-corrected chi connectivity index (χ1v) is 10.1. The van der Waals surface area contributed by atoms with E-state index in [4.69, 9.17) is 16.0 Å². The maximum Gasteiger partial charge on any atom is 0.337 e. The molecule has 0 aliphatic carbocycles. The van der Waals surface area contributed by atoms with Crippen molar-refractivity contribution in [1.82, 2.24) is 5.32 Å². The van der Waals surface area contributed by atoms with Crippen molar-refractivity contribution >= 4 is 52.2 Å². The van der Waals surface area contributed by atoms with Crippen LogP contribution < -0.4 is 5.32 Å². The van der Waals surface area contributed by atoms with Crippen molar-refractivity contribution in [2.45, 2.75) is 6.92 Å². The second-order valence-electron chi connectivity index (χ2n) is 6.52. The van der Waals surface area contributed by atoms with Crippen molar-refractivity contribution in [2.24, 2.45) is 4.99 Å². The third kappa shape index (κ3) is 4.32. The average molecular weight is 439 g/mol. The van der Waals surface area contributed by atoms with Crippen LogP contribution in [0, 0.1) is 6.92 Å². The summed E-state index contributed by atoms with van der Waals surface area (Å²) in [4.78, 5) is 28.4. The number of amides is 1. The smallest absolute Gasteiger partial charge is 0.337 e. The Labute approximate surface area is 181 Å². The summed E-state index contributed by atoms with van der Waals surface area (Å²) in [7, 11) is 0. The number of carboxylic acids is 1. The van der Waals surface area contributed by atoms with Gasteiger partial charge in [-0.1, -0.05) is 29.3 Å². The number of carbonyl (C=O) groups excluding carboxylic acids is 1. The van der Waals surface area contributed by atoms with E-state index in [1.165, 1.54) is 23.9 Å². The lowest BCUT2D eigenvalue weighted by Crippen LogP contribution is -2.19. The third-order valence-electron chi connectivity index (χ3n) is 4.30. The van der Waals surface area contributed by atoms with Gasteiger partial charge in [-0.2, -0.15) is 0 Å². The Morgan fingerprint density at radius 3 is 2.67 bits per heavy atom. The predicted octanol–water partition coefficient (Wildman–Crippen LogP) is 5.50. The van der Waals surface area contributed by atoms with Gasteiger partial charge in [0.05, 0.1) is 21.2 Å². The zero-order valence-electron chi connectivity index (χ0n) is 15.7. The topological polar surface area (TPSA) is 91.9 Å². The Morgan fingerprint density at radius 2 is 1.93 bits per heavy atom. The quantitative estimate of drug-likeness (QED) is 0.525. The minimum absolute atomic E-state index is 0.00634. The van der Waals surface area contributed by atoms with Gasteiger partial charge in [0.15, 0.2) is 5.17 Å². The van der Waals surface area contributed by atoms with E-state index in [2.05, 4.69) is 10.3 Å². The van der Waals surface area contributed by atoms with Crippen LogP contribution in [0.4, 0.5) is 5.69 Å². The van der Waals surface area contributed by atoms with E-state index in [1.807, 2.05) is 31.2 Å². The number of nitrogens with zero attached hydrogens (tertiary/aromatic N) is 1. The van der Waals surface area contributed by atoms with Gasteiger partial charge in [-0.05, 0) is 61.2 Å². The number of nitrogens with one attached hydrogen (secondary N) is 1. The molecular weight excluding hydrogens is 424 g/mol. The highest BCUT2D eigenvalue weighted by Gasteiger charge is 2.24. The molecule has 3 aromatic rings. The average Bonchev–Trinajstić information content (AvgIpc) is 3.31. The zero-order chi connectivity index (χ0) is 21.3. The van der Waals surface area contributed by atoms with Gasteiger partial charge in [0.25, 0.3) is 5.91 Å². The van der Waals surface area contributed by atoms with Gasteiger partial charge < -0.3 is 14.8 Å². The fourth-order valence-electron chi connectivity index (χ4n) is 2.77. The molecule has 0 atom stereocenters. The largest absolute Gasteiger partial charge is 0.478 e. The zero-order valence-corrected chi connectivity index (χ0v) is 17.3. The van der Waals surface area contributed by atoms with Crippen LogP contribution in [0.1, 0.15) is 21.7 Å². The van der Waals surface area contributed by atoms with Crippen molar-refractivity contribution in [2.75, 3.05) is 0 Å². The van der Waals surface area contributed by atoms with E-state index in [0.717, 1.165) is 11.3 Å². The molecule has 0 spiro atoms. The number of amidine groups is 1. The van der Waals surface area contributed by atoms with Crippen LogP contribution in [-0.2, 0) is 4.79 Å². The number of thioether (sulfide) groups is 1. The highest BCUT2D eigenvalue weighted by molar-refractivity contribution is 8.18. The monoisotopic (exact) mass is 438 g/mol. The number of rotatable bonds is 4. The molecule has 8 heteroatoms. The fraction of sp³-hybridized carbons (Fsp3) is 0.0455. The third-order valence-corrected chi connectivity index (χ3v) is 5.54. The van der Waals surface area contributed by atoms with Crippen LogP contribution in [0.15, 0.2) is 68.9 Å². The normalized spacial score (nSPS) is 16.3. The van der Waals surface area contributed by atoms with Crippen LogP contribution >= 0.6 is 23.4 Å². The van der Waals surface area contributed by atoms with Gasteiger partial charge in [-0.25, -0.2) is 9.79 Å². The second kappa shape index (κ2) is 8.22. The Hall–Kier alpha value is -3.29. The van der Waals surface area contributed by atoms with E-state index in [9.17, 15) is 14.7 Å². The van der Waals surface area contributed by atoms with E-state index < -0.39 is 5.97 Å². The maximum atomic E-state index is 12.3. The molecule has 0 bridgehead atoms. The summed E-state index contributed by atoms with van der Waals surface area (Å²) >= 11 is 7.13. The van der Waals surface area contributed by atoms with Crippen molar-refractivity contribution in [3.63, 3.8) is 0 Å². The number of aliphatic imine (C=N–C) groups is 1. The van der Waals surface area contributed by atoms with Crippen molar-refractivity contribution in [1.29, 1.82) is 0 Å². The SMILES string of the molecule is Cc1ccc(N=C2NC(=O)/C(=C\c3ccc(-c4ccc(Cl)c(C(=O)O)c4)o3)S2)cc1. The molecule has 6 nitrogen and oxygen atoms in total. The molecule has 1 aliphatic heterocycles. The molecule has 150 valence electrons. The molecule has 1 amide bonds. The van der Waals surface area contributed by atoms with Crippen molar-refractivity contribution in [3.8, 4) is 11.3 Å². The van der Waals surface area contributed by atoms with Crippen LogP contribution in [0.25, 0.3) is 17.4 Å². The molecule has 2 heterocycles. The molecular formula is C22H15ClN2O4S. The molecule has 30 heavy (non-hydrogen) atoms. The van der Waals surface area contributed by atoms with Crippen LogP contribution in [0.2, 0.25) is 5.02 Å². The summed E-state index contributed by atoms with van der Waals surface area (Å²) < 4.78 is 5.78. The van der Waals surface area contributed by atoms with Gasteiger partial charge >= 0.3 is 5.97 Å². The highest BCUT2D eigenvalue weighted by atomic mass is 35.5. The first-order valence-electron chi connectivity index (χ1n) is 8.88. The van der Waals surface area contributed by atoms with E-state index in [-0.39, 0.29) is 16.5 Å². The first kappa shape index (κ1) is 20.0. The van der Waals surface area contributed by atoms with Gasteiger partial charge in [0.1, 0.15) is 11.5 Å². The number of hydrogen-bond donors (Lipinski definition) is 2. The van der Waals surface area contributed by atoms with Crippen molar-refractivity contribution < 1.29 is 19.1 Å². The van der Waals surface area contributed by atoms with Crippen molar-refractivity contribution in [3.05, 3.63) is 81.4 Å². The van der Waals surface area contributed by atoms with Gasteiger partial charge in [-0.3, -0.25) is 4.79 Å². The lowest BCUT2D eigenvalue weighted by molar-refractivity contribution is -0.115. The number of carbonyl (C=O) groups is 2. The minimum Gasteiger partial charge on any atom is -0.478 e. The molecule has 0 saturated carbocycles. The molecule has 4 rings (SSSR count). The second-order valence-corrected chi connectivity index (χ2v) is 7.96. The predicted molar refractivity (Wildman–Crippen MR) is 118 cm³/mol. The number of carboxylic acid groups (broad SMARTS) is 1. The summed E-state index contributed by atoms with van der Waals surface area (Å²) in [5.74, 6) is -0.442. The van der Waals surface area contributed by atoms with Gasteiger partial charge in [0.2, 0.25) is 0 Å². The molecule has 1 saturated heterocycles. The lowest BCUT2D eigenvalue weighted by atomic mass is 10.1. The molecule has 2 aromatic carbocycles. The maximum absolute atomic E-state index is 12.3. The molecule has 1 aliphatic rings. The Kier molecular flexibility index (Phi) is 5.48. The number of furan rings is 1. The Bertz CT molecular complexity index is 1210. The summed E-state index contributed by atoms with van der Waals surface area (Å²) in [6.07, 6.45) is 1.62. The Balaban J connectivity index is 1.56. The lowest BCUT2D eigenvalue weighted by Gasteiger charge is -2.02. The van der Waals surface area contributed by atoms with E-state index in [0.29, 0.717) is 27.2 Å². The standard InChI is InChI=1S/C22H15ClN2O4S/c1-12-2-5-14(6-3-12)24-22-25-20(26)19(30-22)11-15-7-9-18(29-15)13-4-8-17(23)16(10-13)21(27)28/h2-11H,1H3,(H,27,28)(H,24,25,26)/b19-11+. The number of aromatic carboxylic acids is 1. The number of halogens is 1. The fourth-order valence-corrected chi connectivity index (χ4v) is 3.79. The Morgan fingerprint density at radius 1 is 1.17 bits per heavy atom. The van der Waals surface area contributed by atoms with E-state index in [1.54, 1.807) is 24.3 Å². The van der Waals surface area contributed by atoms with E-state index >= 15 is 0 Å². The van der Waals surface area contributed by atoms with Crippen LogP contribution in [0.5, 0.6) is 0 Å². The number of hydrogen-bond acceptors (Lipinski definition) is 5. The number of benzene rings is 2. The molecule has 1 fully saturated rings. The van der Waals surface area contributed by atoms with Crippen LogP contribution in [-0.4, -0.2) is 22.2 Å². The molecule has 2 N–H and O–H groups in total. The molecule has 1 aromatic heterocycles. The summed E-state index contributed by atoms with van der Waals surface area (Å²) in [5.41, 5.74) is 2.45. The van der Waals surface area contributed by atoms with Gasteiger partial charge in [0, 0.05) is 11.6 Å². The van der Waals surface area contributed by atoms with Crippen LogP contribution in [0.3, 0.4) is 0 Å². The molecule has 0 radical (unpaired) electrons. The molecule has 0 unspecified atom stereocenters. The van der Waals surface area contributed by atoms with Gasteiger partial charge in [-0.15, -0.1) is 0 Å². The summed E-state index contributed by atoms with van der Waals surface area (Å²) in [5, 5.41) is 12.6. The summed E-state index contributed by atoms with van der Waals surface area (Å²) in [6, 6.07) is 15.7. The number of aryl methyl sites for hydroxylation is 1. The minimum atomic E-state index is -1.12. The summed E-state index contributed by atoms with van der Waals surface area (Å²) in [6.45, 7) is 1.99. The first-order chi connectivity index (χ1) is 14.4. The highest BCUT2D eigenvalue weighted by Crippen LogP contribution is 2.31.